The number of aromatic nitrogens is 1. The standard InChI is InChI=1S/C29H35N3O2/c1-4-7-8-9-16-31-17-14-22(15-18-31)10-11-23-19-26-29(21-27(23)33)34-28-20-24(32(5-2)6-3)12-13-25(28)30-26/h10-15,17,19-21H,4-9,16,18H2,1-3H3/b11-10+. The highest BCUT2D eigenvalue weighted by molar-refractivity contribution is 5.80. The number of hydrogen-bond donors (Lipinski definition) is 0. The van der Waals surface area contributed by atoms with Crippen LogP contribution in [0, 0.1) is 0 Å². The molecule has 0 spiro atoms. The quantitative estimate of drug-likeness (QED) is 0.257. The van der Waals surface area contributed by atoms with Crippen LogP contribution in [0.2, 0.25) is 0 Å². The molecule has 0 fully saturated rings. The molecule has 0 radical (unpaired) electrons. The fourth-order valence-corrected chi connectivity index (χ4v) is 4.34. The molecule has 178 valence electrons. The monoisotopic (exact) mass is 457 g/mol. The van der Waals surface area contributed by atoms with Crippen LogP contribution in [0.1, 0.15) is 52.0 Å². The van der Waals surface area contributed by atoms with Crippen LogP contribution in [-0.2, 0) is 0 Å². The van der Waals surface area contributed by atoms with E-state index >= 15 is 0 Å². The first-order valence-corrected chi connectivity index (χ1v) is 12.5. The molecule has 0 atom stereocenters. The molecule has 0 unspecified atom stereocenters. The van der Waals surface area contributed by atoms with Gasteiger partial charge in [-0.3, -0.25) is 4.79 Å². The van der Waals surface area contributed by atoms with Gasteiger partial charge in [-0.25, -0.2) is 4.98 Å². The van der Waals surface area contributed by atoms with Gasteiger partial charge in [0.2, 0.25) is 0 Å². The second-order valence-corrected chi connectivity index (χ2v) is 8.80. The van der Waals surface area contributed by atoms with Crippen LogP contribution >= 0.6 is 0 Å². The maximum atomic E-state index is 12.7. The van der Waals surface area contributed by atoms with E-state index in [0.29, 0.717) is 22.6 Å². The van der Waals surface area contributed by atoms with E-state index in [2.05, 4.69) is 55.0 Å². The van der Waals surface area contributed by atoms with Crippen LogP contribution in [0.5, 0.6) is 0 Å². The van der Waals surface area contributed by atoms with Crippen molar-refractivity contribution in [1.82, 2.24) is 9.88 Å². The maximum absolute atomic E-state index is 12.7. The first-order chi connectivity index (χ1) is 16.6. The van der Waals surface area contributed by atoms with Crippen LogP contribution < -0.4 is 10.3 Å². The molecular formula is C29H35N3O2. The second kappa shape index (κ2) is 11.2. The molecule has 3 aliphatic rings. The molecule has 1 aromatic carbocycles. The lowest BCUT2D eigenvalue weighted by Crippen LogP contribution is -2.21. The van der Waals surface area contributed by atoms with Crippen molar-refractivity contribution < 1.29 is 4.42 Å². The molecule has 0 bridgehead atoms. The van der Waals surface area contributed by atoms with E-state index in [9.17, 15) is 4.79 Å². The third-order valence-electron chi connectivity index (χ3n) is 6.42. The zero-order valence-corrected chi connectivity index (χ0v) is 20.6. The molecule has 1 aliphatic carbocycles. The summed E-state index contributed by atoms with van der Waals surface area (Å²) in [6, 6.07) is 9.43. The average Bonchev–Trinajstić information content (AvgIpc) is 2.86. The number of unbranched alkanes of at least 4 members (excludes halogenated alkanes) is 3. The summed E-state index contributed by atoms with van der Waals surface area (Å²) in [6.45, 7) is 10.3. The van der Waals surface area contributed by atoms with E-state index in [0.717, 1.165) is 43.0 Å². The summed E-state index contributed by atoms with van der Waals surface area (Å²) in [4.78, 5) is 22.1. The fraction of sp³-hybridized carbons (Fsp3) is 0.379. The van der Waals surface area contributed by atoms with Gasteiger partial charge >= 0.3 is 0 Å². The summed E-state index contributed by atoms with van der Waals surface area (Å²) in [5.74, 6) is 0.516. The molecule has 2 aliphatic heterocycles. The van der Waals surface area contributed by atoms with Gasteiger partial charge in [0.15, 0.2) is 16.8 Å². The molecule has 0 amide bonds. The van der Waals surface area contributed by atoms with E-state index in [1.54, 1.807) is 6.07 Å². The van der Waals surface area contributed by atoms with E-state index in [1.165, 1.54) is 25.7 Å². The summed E-state index contributed by atoms with van der Waals surface area (Å²) in [6.07, 6.45) is 15.4. The Morgan fingerprint density at radius 3 is 2.65 bits per heavy atom. The van der Waals surface area contributed by atoms with E-state index in [1.807, 2.05) is 30.4 Å². The minimum atomic E-state index is -0.0634. The van der Waals surface area contributed by atoms with Gasteiger partial charge in [0, 0.05) is 49.6 Å². The number of rotatable bonds is 10. The highest BCUT2D eigenvalue weighted by Crippen LogP contribution is 2.28. The topological polar surface area (TPSA) is 49.6 Å². The first kappa shape index (κ1) is 23.8. The van der Waals surface area contributed by atoms with Crippen molar-refractivity contribution >= 4 is 22.9 Å². The molecule has 34 heavy (non-hydrogen) atoms. The minimum Gasteiger partial charge on any atom is -0.453 e. The lowest BCUT2D eigenvalue weighted by molar-refractivity contribution is 0.393. The Morgan fingerprint density at radius 1 is 1.06 bits per heavy atom. The first-order valence-electron chi connectivity index (χ1n) is 12.5. The van der Waals surface area contributed by atoms with Crippen molar-refractivity contribution in [1.29, 1.82) is 0 Å². The normalized spacial score (nSPS) is 13.9. The average molecular weight is 458 g/mol. The van der Waals surface area contributed by atoms with Gasteiger partial charge in [-0.2, -0.15) is 0 Å². The van der Waals surface area contributed by atoms with Gasteiger partial charge in [-0.1, -0.05) is 44.4 Å². The molecule has 4 rings (SSSR count). The number of anilines is 1. The zero-order chi connectivity index (χ0) is 23.9. The molecule has 2 heterocycles. The highest BCUT2D eigenvalue weighted by atomic mass is 16.3. The second-order valence-electron chi connectivity index (χ2n) is 8.80. The Kier molecular flexibility index (Phi) is 7.84. The third-order valence-corrected chi connectivity index (χ3v) is 6.42. The van der Waals surface area contributed by atoms with E-state index in [4.69, 9.17) is 9.40 Å². The summed E-state index contributed by atoms with van der Waals surface area (Å²) in [7, 11) is 0. The van der Waals surface area contributed by atoms with Crippen LogP contribution in [-0.4, -0.2) is 36.1 Å². The molecule has 0 N–H and O–H groups in total. The van der Waals surface area contributed by atoms with Crippen molar-refractivity contribution in [3.63, 3.8) is 0 Å². The smallest absolute Gasteiger partial charge is 0.189 e. The molecular weight excluding hydrogens is 422 g/mol. The van der Waals surface area contributed by atoms with Crippen molar-refractivity contribution in [2.45, 2.75) is 46.5 Å². The lowest BCUT2D eigenvalue weighted by atomic mass is 10.1. The van der Waals surface area contributed by atoms with Gasteiger partial charge in [-0.05, 0) is 56.3 Å². The van der Waals surface area contributed by atoms with E-state index < -0.39 is 0 Å². The minimum absolute atomic E-state index is 0.0634. The van der Waals surface area contributed by atoms with Crippen LogP contribution in [0.4, 0.5) is 5.69 Å². The van der Waals surface area contributed by atoms with Crippen LogP contribution in [0.25, 0.3) is 28.6 Å². The predicted molar refractivity (Wildman–Crippen MR) is 142 cm³/mol. The Morgan fingerprint density at radius 2 is 1.91 bits per heavy atom. The maximum Gasteiger partial charge on any atom is 0.189 e. The fourth-order valence-electron chi connectivity index (χ4n) is 4.34. The van der Waals surface area contributed by atoms with Crippen molar-refractivity contribution in [3.8, 4) is 11.5 Å². The number of nitrogens with zero attached hydrogens (tertiary/aromatic N) is 3. The van der Waals surface area contributed by atoms with Crippen molar-refractivity contribution in [3.05, 3.63) is 76.1 Å². The Hall–Kier alpha value is -3.34. The zero-order valence-electron chi connectivity index (χ0n) is 20.6. The van der Waals surface area contributed by atoms with Crippen LogP contribution in [0.3, 0.4) is 0 Å². The Bertz CT molecular complexity index is 1230. The third kappa shape index (κ3) is 5.58. The summed E-state index contributed by atoms with van der Waals surface area (Å²) < 4.78 is 6.07. The Balaban J connectivity index is 1.50. The highest BCUT2D eigenvalue weighted by Gasteiger charge is 2.13. The van der Waals surface area contributed by atoms with Gasteiger partial charge in [0.1, 0.15) is 11.2 Å². The van der Waals surface area contributed by atoms with Crippen molar-refractivity contribution in [2.75, 3.05) is 31.1 Å². The number of benzene rings is 2. The predicted octanol–water partition coefficient (Wildman–Crippen LogP) is 6.49. The SMILES string of the molecule is CCCCCCN1C=CC(/C=C/c2cc3nc4ccc(N(CC)CC)cc4oc-3cc2=O)=CC1. The molecule has 1 aromatic rings. The largest absolute Gasteiger partial charge is 0.453 e. The number of hydrogen-bond acceptors (Lipinski definition) is 5. The molecule has 5 nitrogen and oxygen atoms in total. The number of fused-ring (bicyclic) bond motifs is 2. The van der Waals surface area contributed by atoms with Gasteiger partial charge in [0.05, 0.1) is 0 Å². The summed E-state index contributed by atoms with van der Waals surface area (Å²) in [5, 5.41) is 0. The van der Waals surface area contributed by atoms with Gasteiger partial charge in [0.25, 0.3) is 0 Å². The van der Waals surface area contributed by atoms with Gasteiger partial charge in [-0.15, -0.1) is 0 Å². The Labute approximate surface area is 202 Å². The van der Waals surface area contributed by atoms with E-state index in [-0.39, 0.29) is 5.43 Å². The molecule has 0 aromatic heterocycles. The lowest BCUT2D eigenvalue weighted by Gasteiger charge is -2.21. The van der Waals surface area contributed by atoms with Crippen molar-refractivity contribution in [2.24, 2.45) is 0 Å². The summed E-state index contributed by atoms with van der Waals surface area (Å²) >= 11 is 0. The summed E-state index contributed by atoms with van der Waals surface area (Å²) in [5.41, 5.74) is 4.93. The number of allylic oxidation sites excluding steroid dienone is 3. The van der Waals surface area contributed by atoms with Gasteiger partial charge < -0.3 is 14.2 Å². The molecule has 0 saturated carbocycles. The van der Waals surface area contributed by atoms with Crippen LogP contribution in [0.15, 0.2) is 69.5 Å². The molecule has 0 saturated heterocycles. The molecule has 5 heteroatoms.